The standard InChI is InChI=1S/C13H17NO/c1-2-4-11(5-3-1)8-14-12-6-7-13(14)10-15-9-12/h1-5,12-13H,6-10H2. The van der Waals surface area contributed by atoms with Gasteiger partial charge in [0.05, 0.1) is 13.2 Å². The van der Waals surface area contributed by atoms with Crippen molar-refractivity contribution in [2.45, 2.75) is 31.5 Å². The number of fused-ring (bicyclic) bond motifs is 2. The molecule has 2 atom stereocenters. The van der Waals surface area contributed by atoms with Gasteiger partial charge < -0.3 is 4.74 Å². The van der Waals surface area contributed by atoms with Crippen LogP contribution in [0.15, 0.2) is 30.3 Å². The van der Waals surface area contributed by atoms with Gasteiger partial charge in [0.15, 0.2) is 0 Å². The Labute approximate surface area is 90.8 Å². The predicted octanol–water partition coefficient (Wildman–Crippen LogP) is 2.05. The highest BCUT2D eigenvalue weighted by Gasteiger charge is 2.36. The van der Waals surface area contributed by atoms with Crippen molar-refractivity contribution in [3.63, 3.8) is 0 Å². The Bertz CT molecular complexity index is 309. The van der Waals surface area contributed by atoms with E-state index < -0.39 is 0 Å². The topological polar surface area (TPSA) is 12.5 Å². The highest BCUT2D eigenvalue weighted by atomic mass is 16.5. The van der Waals surface area contributed by atoms with E-state index in [0.29, 0.717) is 12.1 Å². The van der Waals surface area contributed by atoms with E-state index in [9.17, 15) is 0 Å². The Kier molecular flexibility index (Phi) is 2.47. The molecular weight excluding hydrogens is 186 g/mol. The molecular formula is C13H17NO. The van der Waals surface area contributed by atoms with E-state index in [0.717, 1.165) is 19.8 Å². The molecule has 1 aromatic carbocycles. The van der Waals surface area contributed by atoms with Crippen LogP contribution in [-0.4, -0.2) is 30.2 Å². The Hall–Kier alpha value is -0.860. The monoisotopic (exact) mass is 203 g/mol. The molecule has 2 bridgehead atoms. The van der Waals surface area contributed by atoms with Crippen molar-refractivity contribution in [1.82, 2.24) is 4.90 Å². The van der Waals surface area contributed by atoms with Gasteiger partial charge in [0.25, 0.3) is 0 Å². The predicted molar refractivity (Wildman–Crippen MR) is 59.6 cm³/mol. The van der Waals surface area contributed by atoms with Gasteiger partial charge in [-0.1, -0.05) is 30.3 Å². The van der Waals surface area contributed by atoms with Crippen molar-refractivity contribution in [1.29, 1.82) is 0 Å². The summed E-state index contributed by atoms with van der Waals surface area (Å²) in [5, 5.41) is 0. The molecule has 0 saturated carbocycles. The number of hydrogen-bond donors (Lipinski definition) is 0. The maximum absolute atomic E-state index is 5.58. The molecule has 1 aromatic rings. The number of morpholine rings is 1. The first-order chi connectivity index (χ1) is 7.43. The van der Waals surface area contributed by atoms with Gasteiger partial charge in [-0.25, -0.2) is 0 Å². The van der Waals surface area contributed by atoms with E-state index in [1.54, 1.807) is 0 Å². The maximum Gasteiger partial charge on any atom is 0.0622 e. The van der Waals surface area contributed by atoms with Crippen LogP contribution in [0.2, 0.25) is 0 Å². The molecule has 0 radical (unpaired) electrons. The molecule has 80 valence electrons. The molecule has 2 nitrogen and oxygen atoms in total. The van der Waals surface area contributed by atoms with Gasteiger partial charge in [0.2, 0.25) is 0 Å². The fourth-order valence-corrected chi connectivity index (χ4v) is 2.77. The van der Waals surface area contributed by atoms with Crippen LogP contribution in [0.25, 0.3) is 0 Å². The van der Waals surface area contributed by atoms with Gasteiger partial charge >= 0.3 is 0 Å². The molecule has 2 unspecified atom stereocenters. The second-order valence-electron chi connectivity index (χ2n) is 4.58. The van der Waals surface area contributed by atoms with Gasteiger partial charge in [-0.2, -0.15) is 0 Å². The van der Waals surface area contributed by atoms with Gasteiger partial charge in [0, 0.05) is 18.6 Å². The lowest BCUT2D eigenvalue weighted by molar-refractivity contribution is -0.0186. The summed E-state index contributed by atoms with van der Waals surface area (Å²) in [6.07, 6.45) is 2.63. The molecule has 2 saturated heterocycles. The van der Waals surface area contributed by atoms with Crippen LogP contribution in [0.3, 0.4) is 0 Å². The molecule has 0 spiro atoms. The average Bonchev–Trinajstić information content (AvgIpc) is 2.53. The van der Waals surface area contributed by atoms with Crippen LogP contribution in [-0.2, 0) is 11.3 Å². The van der Waals surface area contributed by atoms with Crippen molar-refractivity contribution >= 4 is 0 Å². The summed E-state index contributed by atoms with van der Waals surface area (Å²) in [5.41, 5.74) is 1.43. The Morgan fingerprint density at radius 3 is 2.40 bits per heavy atom. The van der Waals surface area contributed by atoms with Gasteiger partial charge in [-0.15, -0.1) is 0 Å². The van der Waals surface area contributed by atoms with E-state index in [-0.39, 0.29) is 0 Å². The first kappa shape index (κ1) is 9.37. The average molecular weight is 203 g/mol. The first-order valence-corrected chi connectivity index (χ1v) is 5.81. The molecule has 0 N–H and O–H groups in total. The summed E-state index contributed by atoms with van der Waals surface area (Å²) < 4.78 is 5.58. The van der Waals surface area contributed by atoms with Crippen LogP contribution in [0.4, 0.5) is 0 Å². The molecule has 2 aliphatic heterocycles. The molecule has 0 aliphatic carbocycles. The Morgan fingerprint density at radius 2 is 1.73 bits per heavy atom. The molecule has 0 aromatic heterocycles. The molecule has 2 fully saturated rings. The fraction of sp³-hybridized carbons (Fsp3) is 0.538. The molecule has 2 heteroatoms. The van der Waals surface area contributed by atoms with Crippen LogP contribution in [0, 0.1) is 0 Å². The smallest absolute Gasteiger partial charge is 0.0622 e. The Balaban J connectivity index is 1.73. The number of rotatable bonds is 2. The van der Waals surface area contributed by atoms with Gasteiger partial charge in [-0.3, -0.25) is 4.90 Å². The van der Waals surface area contributed by atoms with Crippen molar-refractivity contribution in [3.8, 4) is 0 Å². The van der Waals surface area contributed by atoms with E-state index in [2.05, 4.69) is 35.2 Å². The fourth-order valence-electron chi connectivity index (χ4n) is 2.77. The summed E-state index contributed by atoms with van der Waals surface area (Å²) in [4.78, 5) is 2.62. The molecule has 2 heterocycles. The van der Waals surface area contributed by atoms with Gasteiger partial charge in [-0.05, 0) is 18.4 Å². The third-order valence-electron chi connectivity index (χ3n) is 3.60. The number of nitrogens with zero attached hydrogens (tertiary/aromatic N) is 1. The van der Waals surface area contributed by atoms with E-state index in [4.69, 9.17) is 4.74 Å². The molecule has 3 rings (SSSR count). The van der Waals surface area contributed by atoms with Crippen LogP contribution >= 0.6 is 0 Å². The minimum absolute atomic E-state index is 0.670. The molecule has 0 amide bonds. The van der Waals surface area contributed by atoms with Crippen LogP contribution < -0.4 is 0 Å². The quantitative estimate of drug-likeness (QED) is 0.729. The zero-order chi connectivity index (χ0) is 10.1. The Morgan fingerprint density at radius 1 is 1.07 bits per heavy atom. The third kappa shape index (κ3) is 1.80. The summed E-state index contributed by atoms with van der Waals surface area (Å²) >= 11 is 0. The minimum atomic E-state index is 0.670. The van der Waals surface area contributed by atoms with Crippen LogP contribution in [0.5, 0.6) is 0 Å². The lowest BCUT2D eigenvalue weighted by atomic mass is 10.1. The van der Waals surface area contributed by atoms with Crippen LogP contribution in [0.1, 0.15) is 18.4 Å². The lowest BCUT2D eigenvalue weighted by Crippen LogP contribution is -2.45. The number of hydrogen-bond acceptors (Lipinski definition) is 2. The summed E-state index contributed by atoms with van der Waals surface area (Å²) in [7, 11) is 0. The largest absolute Gasteiger partial charge is 0.378 e. The van der Waals surface area contributed by atoms with Crippen molar-refractivity contribution in [3.05, 3.63) is 35.9 Å². The summed E-state index contributed by atoms with van der Waals surface area (Å²) in [6.45, 7) is 2.96. The highest BCUT2D eigenvalue weighted by molar-refractivity contribution is 5.15. The minimum Gasteiger partial charge on any atom is -0.378 e. The zero-order valence-electron chi connectivity index (χ0n) is 8.93. The molecule has 2 aliphatic rings. The normalized spacial score (nSPS) is 30.7. The number of ether oxygens (including phenoxy) is 1. The van der Waals surface area contributed by atoms with Gasteiger partial charge in [0.1, 0.15) is 0 Å². The van der Waals surface area contributed by atoms with Crippen molar-refractivity contribution in [2.24, 2.45) is 0 Å². The van der Waals surface area contributed by atoms with Crippen molar-refractivity contribution in [2.75, 3.05) is 13.2 Å². The summed E-state index contributed by atoms with van der Waals surface area (Å²) in [5.74, 6) is 0. The van der Waals surface area contributed by atoms with E-state index >= 15 is 0 Å². The highest BCUT2D eigenvalue weighted by Crippen LogP contribution is 2.30. The SMILES string of the molecule is c1ccc(CN2C3CCC2COC3)cc1. The first-order valence-electron chi connectivity index (χ1n) is 5.81. The van der Waals surface area contributed by atoms with E-state index in [1.165, 1.54) is 18.4 Å². The third-order valence-corrected chi connectivity index (χ3v) is 3.60. The number of benzene rings is 1. The maximum atomic E-state index is 5.58. The van der Waals surface area contributed by atoms with Crippen molar-refractivity contribution < 1.29 is 4.74 Å². The zero-order valence-corrected chi connectivity index (χ0v) is 8.93. The second-order valence-corrected chi connectivity index (χ2v) is 4.58. The summed E-state index contributed by atoms with van der Waals surface area (Å²) in [6, 6.07) is 12.1. The van der Waals surface area contributed by atoms with E-state index in [1.807, 2.05) is 0 Å². The molecule has 15 heavy (non-hydrogen) atoms. The lowest BCUT2D eigenvalue weighted by Gasteiger charge is -2.34. The second kappa shape index (κ2) is 3.95.